The van der Waals surface area contributed by atoms with Crippen LogP contribution in [0.25, 0.3) is 0 Å². The number of rotatable bonds is 9. The van der Waals surface area contributed by atoms with E-state index in [-0.39, 0.29) is 10.2 Å². The molecule has 0 spiro atoms. The Kier molecular flexibility index (Phi) is 7.25. The van der Waals surface area contributed by atoms with Gasteiger partial charge in [-0.25, -0.2) is 29.4 Å². The maximum atomic E-state index is 13.0. The molecule has 0 bridgehead atoms. The lowest BCUT2D eigenvalue weighted by Gasteiger charge is -2.33. The van der Waals surface area contributed by atoms with E-state index in [1.807, 2.05) is 0 Å². The summed E-state index contributed by atoms with van der Waals surface area (Å²) in [6.45, 7) is 0.867. The Morgan fingerprint density at radius 2 is 1.25 bits per heavy atom. The molecule has 0 saturated heterocycles. The summed E-state index contributed by atoms with van der Waals surface area (Å²) in [6.07, 6.45) is -0.575. The van der Waals surface area contributed by atoms with E-state index in [2.05, 4.69) is 4.18 Å². The number of hydrogen-bond donors (Lipinski definition) is 0. The number of nitrogens with zero attached hydrogens (tertiary/aromatic N) is 2. The first kappa shape index (κ1) is 24.7. The van der Waals surface area contributed by atoms with Gasteiger partial charge in [0.25, 0.3) is 20.1 Å². The van der Waals surface area contributed by atoms with Crippen molar-refractivity contribution in [2.45, 2.75) is 18.0 Å². The summed E-state index contributed by atoms with van der Waals surface area (Å²) in [5.74, 6) is 0.272. The zero-order valence-corrected chi connectivity index (χ0v) is 18.8. The van der Waals surface area contributed by atoms with Crippen LogP contribution in [0, 0.1) is 0 Å². The van der Waals surface area contributed by atoms with Gasteiger partial charge < -0.3 is 4.74 Å². The molecule has 0 aliphatic carbocycles. The molecular formula is C12H20N2O10S4. The number of sulfonamides is 3. The average Bonchev–Trinajstić information content (AvgIpc) is 2.48. The molecule has 0 aliphatic rings. The van der Waals surface area contributed by atoms with Crippen LogP contribution in [-0.2, 0) is 44.4 Å². The van der Waals surface area contributed by atoms with Crippen molar-refractivity contribution in [1.82, 2.24) is 8.23 Å². The molecule has 0 amide bonds. The highest BCUT2D eigenvalue weighted by Gasteiger charge is 2.46. The topological polar surface area (TPSA) is 161 Å². The molecule has 0 aliphatic heterocycles. The van der Waals surface area contributed by atoms with Crippen molar-refractivity contribution in [1.29, 1.82) is 0 Å². The molecule has 0 saturated carbocycles. The SMILES string of the molecule is COc1ccc(S(=O)(=O)N(C(C)OS(C)(=O)=O)N(S(C)(=O)=O)S(C)(=O)=O)cc1. The zero-order valence-electron chi connectivity index (χ0n) is 15.5. The lowest BCUT2D eigenvalue weighted by atomic mass is 10.3. The molecule has 1 rings (SSSR count). The minimum atomic E-state index is -4.91. The smallest absolute Gasteiger partial charge is 0.265 e. The van der Waals surface area contributed by atoms with Gasteiger partial charge in [-0.05, 0) is 35.0 Å². The molecule has 28 heavy (non-hydrogen) atoms. The fraction of sp³-hybridized carbons (Fsp3) is 0.500. The second-order valence-electron chi connectivity index (χ2n) is 5.56. The van der Waals surface area contributed by atoms with E-state index >= 15 is 0 Å². The van der Waals surface area contributed by atoms with Crippen LogP contribution < -0.4 is 4.74 Å². The number of hydrogen-bond acceptors (Lipinski definition) is 10. The van der Waals surface area contributed by atoms with Gasteiger partial charge in [-0.15, -0.1) is 0 Å². The van der Waals surface area contributed by atoms with E-state index < -0.39 is 55.1 Å². The first-order chi connectivity index (χ1) is 12.4. The lowest BCUT2D eigenvalue weighted by Crippen LogP contribution is -2.56. The van der Waals surface area contributed by atoms with E-state index in [1.165, 1.54) is 19.2 Å². The van der Waals surface area contributed by atoms with E-state index in [0.717, 1.165) is 19.1 Å². The van der Waals surface area contributed by atoms with Gasteiger partial charge in [0, 0.05) is 0 Å². The Bertz CT molecular complexity index is 1090. The van der Waals surface area contributed by atoms with Crippen LogP contribution >= 0.6 is 0 Å². The van der Waals surface area contributed by atoms with Gasteiger partial charge in [-0.3, -0.25) is 0 Å². The van der Waals surface area contributed by atoms with Crippen molar-refractivity contribution in [3.63, 3.8) is 0 Å². The predicted octanol–water partition coefficient (Wildman–Crippen LogP) is -0.856. The summed E-state index contributed by atoms with van der Waals surface area (Å²) in [4.78, 5) is -0.533. The third-order valence-electron chi connectivity index (χ3n) is 2.96. The normalized spacial score (nSPS) is 15.0. The minimum absolute atomic E-state index is 0.166. The third kappa shape index (κ3) is 6.10. The average molecular weight is 481 g/mol. The Balaban J connectivity index is 3.78. The van der Waals surface area contributed by atoms with E-state index in [4.69, 9.17) is 4.74 Å². The second kappa shape index (κ2) is 8.21. The molecule has 0 fully saturated rings. The molecule has 1 aromatic carbocycles. The molecule has 12 nitrogen and oxygen atoms in total. The molecule has 0 radical (unpaired) electrons. The van der Waals surface area contributed by atoms with Gasteiger partial charge >= 0.3 is 0 Å². The largest absolute Gasteiger partial charge is 0.497 e. The highest BCUT2D eigenvalue weighted by atomic mass is 32.3. The highest BCUT2D eigenvalue weighted by molar-refractivity contribution is 8.04. The van der Waals surface area contributed by atoms with E-state index in [9.17, 15) is 33.7 Å². The standard InChI is InChI=1S/C12H20N2O10S4/c1-10(24-27(5,19)20)13(14(25(3,15)16)26(4,17)18)28(21,22)12-8-6-11(23-2)7-9-12/h6-10H,1-5H3. The van der Waals surface area contributed by atoms with Crippen molar-refractivity contribution in [3.05, 3.63) is 24.3 Å². The molecule has 1 atom stereocenters. The maximum Gasteiger partial charge on any atom is 0.265 e. The van der Waals surface area contributed by atoms with Crippen molar-refractivity contribution < 1.29 is 42.6 Å². The van der Waals surface area contributed by atoms with Crippen molar-refractivity contribution in [2.24, 2.45) is 0 Å². The number of ether oxygens (including phenoxy) is 1. The fourth-order valence-corrected chi connectivity index (χ4v) is 8.12. The van der Waals surface area contributed by atoms with Gasteiger partial charge in [-0.2, -0.15) is 8.42 Å². The van der Waals surface area contributed by atoms with Crippen LogP contribution in [0.1, 0.15) is 6.92 Å². The quantitative estimate of drug-likeness (QED) is 0.247. The Hall–Kier alpha value is -1.30. The Morgan fingerprint density at radius 1 is 0.821 bits per heavy atom. The van der Waals surface area contributed by atoms with Crippen LogP contribution in [0.15, 0.2) is 29.2 Å². The maximum absolute atomic E-state index is 13.0. The summed E-state index contributed by atoms with van der Waals surface area (Å²) in [5.41, 5.74) is 0. The summed E-state index contributed by atoms with van der Waals surface area (Å²) in [6, 6.07) is 4.52. The van der Waals surface area contributed by atoms with Gasteiger partial charge in [0.15, 0.2) is 6.23 Å². The fourth-order valence-electron chi connectivity index (χ4n) is 2.10. The first-order valence-corrected chi connectivity index (χ1v) is 14.1. The Labute approximate surface area is 164 Å². The number of hydrazine groups is 1. The third-order valence-corrected chi connectivity index (χ3v) is 8.72. The van der Waals surface area contributed by atoms with Crippen LogP contribution in [0.2, 0.25) is 0 Å². The predicted molar refractivity (Wildman–Crippen MR) is 98.9 cm³/mol. The van der Waals surface area contributed by atoms with E-state index in [1.54, 1.807) is 0 Å². The summed E-state index contributed by atoms with van der Waals surface area (Å²) < 4.78 is 106. The van der Waals surface area contributed by atoms with Gasteiger partial charge in [0.05, 0.1) is 30.8 Å². The molecular weight excluding hydrogens is 460 g/mol. The van der Waals surface area contributed by atoms with Crippen LogP contribution in [-0.4, -0.2) is 74.0 Å². The zero-order chi connectivity index (χ0) is 22.1. The van der Waals surface area contributed by atoms with Crippen LogP contribution in [0.3, 0.4) is 0 Å². The molecule has 16 heteroatoms. The van der Waals surface area contributed by atoms with Gasteiger partial charge in [0.2, 0.25) is 20.0 Å². The minimum Gasteiger partial charge on any atom is -0.497 e. The van der Waals surface area contributed by atoms with Crippen molar-refractivity contribution in [2.75, 3.05) is 25.9 Å². The van der Waals surface area contributed by atoms with Gasteiger partial charge in [-0.1, -0.05) is 4.41 Å². The molecule has 0 heterocycles. The second-order valence-corrected chi connectivity index (χ2v) is 12.8. The lowest BCUT2D eigenvalue weighted by molar-refractivity contribution is 0.0516. The summed E-state index contributed by atoms with van der Waals surface area (Å²) in [5, 5.41) is 0. The van der Waals surface area contributed by atoms with Crippen LogP contribution in [0.4, 0.5) is 0 Å². The molecule has 0 N–H and O–H groups in total. The Morgan fingerprint density at radius 3 is 1.57 bits per heavy atom. The molecule has 1 unspecified atom stereocenters. The summed E-state index contributed by atoms with van der Waals surface area (Å²) >= 11 is 0. The van der Waals surface area contributed by atoms with Gasteiger partial charge in [0.1, 0.15) is 5.75 Å². The van der Waals surface area contributed by atoms with E-state index in [0.29, 0.717) is 18.8 Å². The molecule has 1 aromatic rings. The molecule has 162 valence electrons. The van der Waals surface area contributed by atoms with Crippen molar-refractivity contribution in [3.8, 4) is 5.75 Å². The monoisotopic (exact) mass is 480 g/mol. The summed E-state index contributed by atoms with van der Waals surface area (Å²) in [7, 11) is -17.3. The number of methoxy groups -OCH3 is 1. The van der Waals surface area contributed by atoms with Crippen LogP contribution in [0.5, 0.6) is 5.75 Å². The van der Waals surface area contributed by atoms with Crippen molar-refractivity contribution >= 4 is 40.2 Å². The highest BCUT2D eigenvalue weighted by Crippen LogP contribution is 2.27. The molecule has 0 aromatic heterocycles. The first-order valence-electron chi connectivity index (χ1n) is 7.18. The number of benzene rings is 1.